The average Bonchev–Trinajstić information content (AvgIpc) is 2.84. The SMILES string of the molecule is CC(c1cccs1)N(C)Cc1ccc(Cl)nn1. The zero-order valence-electron chi connectivity index (χ0n) is 9.80. The van der Waals surface area contributed by atoms with Crippen molar-refractivity contribution in [3.8, 4) is 0 Å². The van der Waals surface area contributed by atoms with Gasteiger partial charge in [-0.15, -0.1) is 16.4 Å². The number of hydrogen-bond acceptors (Lipinski definition) is 4. The lowest BCUT2D eigenvalue weighted by atomic mass is 10.2. The summed E-state index contributed by atoms with van der Waals surface area (Å²) < 4.78 is 0. The molecule has 2 heterocycles. The molecule has 0 N–H and O–H groups in total. The minimum atomic E-state index is 0.382. The maximum atomic E-state index is 5.71. The van der Waals surface area contributed by atoms with E-state index in [0.29, 0.717) is 11.2 Å². The summed E-state index contributed by atoms with van der Waals surface area (Å²) in [5.41, 5.74) is 0.931. The monoisotopic (exact) mass is 267 g/mol. The topological polar surface area (TPSA) is 29.0 Å². The van der Waals surface area contributed by atoms with Gasteiger partial charge in [0, 0.05) is 17.5 Å². The second kappa shape index (κ2) is 5.58. The van der Waals surface area contributed by atoms with Gasteiger partial charge in [0.2, 0.25) is 0 Å². The van der Waals surface area contributed by atoms with Crippen molar-refractivity contribution in [3.05, 3.63) is 45.4 Å². The first-order valence-electron chi connectivity index (χ1n) is 5.38. The van der Waals surface area contributed by atoms with Crippen molar-refractivity contribution in [2.24, 2.45) is 0 Å². The van der Waals surface area contributed by atoms with Crippen LogP contribution in [0, 0.1) is 0 Å². The van der Waals surface area contributed by atoms with Crippen LogP contribution in [0.5, 0.6) is 0 Å². The molecule has 2 aromatic heterocycles. The summed E-state index contributed by atoms with van der Waals surface area (Å²) in [6.07, 6.45) is 0. The maximum absolute atomic E-state index is 5.71. The van der Waals surface area contributed by atoms with E-state index in [2.05, 4.69) is 46.6 Å². The summed E-state index contributed by atoms with van der Waals surface area (Å²) in [7, 11) is 2.08. The van der Waals surface area contributed by atoms with Crippen molar-refractivity contribution in [2.45, 2.75) is 19.5 Å². The van der Waals surface area contributed by atoms with Crippen molar-refractivity contribution < 1.29 is 0 Å². The predicted molar refractivity (Wildman–Crippen MR) is 71.2 cm³/mol. The van der Waals surface area contributed by atoms with Gasteiger partial charge in [-0.3, -0.25) is 4.90 Å². The van der Waals surface area contributed by atoms with E-state index in [0.717, 1.165) is 12.2 Å². The van der Waals surface area contributed by atoms with Crippen molar-refractivity contribution in [1.29, 1.82) is 0 Å². The number of nitrogens with zero attached hydrogens (tertiary/aromatic N) is 3. The van der Waals surface area contributed by atoms with Crippen LogP contribution >= 0.6 is 22.9 Å². The van der Waals surface area contributed by atoms with E-state index in [1.165, 1.54) is 4.88 Å². The molecule has 0 aromatic carbocycles. The third-order valence-corrected chi connectivity index (χ3v) is 3.96. The molecule has 0 spiro atoms. The van der Waals surface area contributed by atoms with E-state index in [9.17, 15) is 0 Å². The first-order chi connectivity index (χ1) is 8.16. The highest BCUT2D eigenvalue weighted by molar-refractivity contribution is 7.10. The van der Waals surface area contributed by atoms with Crippen LogP contribution < -0.4 is 0 Å². The Bertz CT molecular complexity index is 455. The highest BCUT2D eigenvalue weighted by Gasteiger charge is 2.13. The molecule has 0 saturated heterocycles. The number of aromatic nitrogens is 2. The molecule has 1 atom stereocenters. The van der Waals surface area contributed by atoms with Gasteiger partial charge in [-0.1, -0.05) is 17.7 Å². The molecule has 90 valence electrons. The lowest BCUT2D eigenvalue weighted by Crippen LogP contribution is -2.21. The van der Waals surface area contributed by atoms with Gasteiger partial charge >= 0.3 is 0 Å². The lowest BCUT2D eigenvalue weighted by molar-refractivity contribution is 0.252. The molecular weight excluding hydrogens is 254 g/mol. The molecule has 2 rings (SSSR count). The molecule has 3 nitrogen and oxygen atoms in total. The second-order valence-corrected chi connectivity index (χ2v) is 5.32. The summed E-state index contributed by atoms with van der Waals surface area (Å²) >= 11 is 7.48. The van der Waals surface area contributed by atoms with E-state index in [1.54, 1.807) is 17.4 Å². The Hall–Kier alpha value is -0.970. The van der Waals surface area contributed by atoms with Crippen LogP contribution in [0.15, 0.2) is 29.6 Å². The minimum Gasteiger partial charge on any atom is -0.293 e. The quantitative estimate of drug-likeness (QED) is 0.850. The van der Waals surface area contributed by atoms with Crippen LogP contribution in [0.4, 0.5) is 0 Å². The predicted octanol–water partition coefficient (Wildman–Crippen LogP) is 3.38. The average molecular weight is 268 g/mol. The largest absolute Gasteiger partial charge is 0.293 e. The first-order valence-corrected chi connectivity index (χ1v) is 6.64. The molecule has 1 unspecified atom stereocenters. The molecule has 0 saturated carbocycles. The molecule has 0 aliphatic rings. The summed E-state index contributed by atoms with van der Waals surface area (Å²) in [4.78, 5) is 3.60. The third kappa shape index (κ3) is 3.25. The Labute approximate surface area is 110 Å². The van der Waals surface area contributed by atoms with Crippen molar-refractivity contribution in [3.63, 3.8) is 0 Å². The fourth-order valence-electron chi connectivity index (χ4n) is 1.57. The van der Waals surface area contributed by atoms with Gasteiger partial charge in [-0.25, -0.2) is 0 Å². The Morgan fingerprint density at radius 3 is 2.76 bits per heavy atom. The molecule has 0 aliphatic heterocycles. The number of thiophene rings is 1. The highest BCUT2D eigenvalue weighted by Crippen LogP contribution is 2.24. The minimum absolute atomic E-state index is 0.382. The Kier molecular flexibility index (Phi) is 4.10. The maximum Gasteiger partial charge on any atom is 0.151 e. The third-order valence-electron chi connectivity index (χ3n) is 2.71. The van der Waals surface area contributed by atoms with Crippen LogP contribution in [0.1, 0.15) is 23.5 Å². The Balaban J connectivity index is 2.01. The zero-order chi connectivity index (χ0) is 12.3. The van der Waals surface area contributed by atoms with Crippen LogP contribution in [-0.4, -0.2) is 22.1 Å². The number of halogens is 1. The molecular formula is C12H14ClN3S. The molecule has 0 fully saturated rings. The van der Waals surface area contributed by atoms with Gasteiger partial charge in [0.25, 0.3) is 0 Å². The number of hydrogen-bond donors (Lipinski definition) is 0. The Morgan fingerprint density at radius 1 is 1.35 bits per heavy atom. The van der Waals surface area contributed by atoms with Gasteiger partial charge < -0.3 is 0 Å². The smallest absolute Gasteiger partial charge is 0.151 e. The Morgan fingerprint density at radius 2 is 2.18 bits per heavy atom. The van der Waals surface area contributed by atoms with E-state index in [-0.39, 0.29) is 0 Å². The molecule has 0 aliphatic carbocycles. The molecule has 5 heteroatoms. The molecule has 0 amide bonds. The normalized spacial score (nSPS) is 12.9. The van der Waals surface area contributed by atoms with Crippen molar-refractivity contribution >= 4 is 22.9 Å². The fourth-order valence-corrected chi connectivity index (χ4v) is 2.52. The summed E-state index contributed by atoms with van der Waals surface area (Å²) in [5, 5.41) is 10.4. The lowest BCUT2D eigenvalue weighted by Gasteiger charge is -2.23. The van der Waals surface area contributed by atoms with Crippen LogP contribution in [0.3, 0.4) is 0 Å². The molecule has 0 radical (unpaired) electrons. The van der Waals surface area contributed by atoms with E-state index in [1.807, 2.05) is 6.07 Å². The molecule has 0 bridgehead atoms. The van der Waals surface area contributed by atoms with Gasteiger partial charge in [-0.05, 0) is 37.6 Å². The zero-order valence-corrected chi connectivity index (χ0v) is 11.4. The van der Waals surface area contributed by atoms with E-state index < -0.39 is 0 Å². The van der Waals surface area contributed by atoms with Gasteiger partial charge in [-0.2, -0.15) is 5.10 Å². The summed E-state index contributed by atoms with van der Waals surface area (Å²) in [6.45, 7) is 2.96. The molecule has 17 heavy (non-hydrogen) atoms. The summed E-state index contributed by atoms with van der Waals surface area (Å²) in [6, 6.07) is 8.29. The van der Waals surface area contributed by atoms with Crippen LogP contribution in [-0.2, 0) is 6.54 Å². The highest BCUT2D eigenvalue weighted by atomic mass is 35.5. The number of rotatable bonds is 4. The van der Waals surface area contributed by atoms with Crippen molar-refractivity contribution in [1.82, 2.24) is 15.1 Å². The van der Waals surface area contributed by atoms with Crippen LogP contribution in [0.25, 0.3) is 0 Å². The second-order valence-electron chi connectivity index (χ2n) is 3.95. The van der Waals surface area contributed by atoms with E-state index in [4.69, 9.17) is 11.6 Å². The van der Waals surface area contributed by atoms with Crippen LogP contribution in [0.2, 0.25) is 5.15 Å². The standard InChI is InChI=1S/C12H14ClN3S/c1-9(11-4-3-7-17-11)16(2)8-10-5-6-12(13)15-14-10/h3-7,9H,8H2,1-2H3. The van der Waals surface area contributed by atoms with Crippen molar-refractivity contribution in [2.75, 3.05) is 7.05 Å². The fraction of sp³-hybridized carbons (Fsp3) is 0.333. The van der Waals surface area contributed by atoms with Gasteiger partial charge in [0.15, 0.2) is 5.15 Å². The van der Waals surface area contributed by atoms with E-state index >= 15 is 0 Å². The first kappa shape index (κ1) is 12.5. The van der Waals surface area contributed by atoms with Gasteiger partial charge in [0.05, 0.1) is 5.69 Å². The summed E-state index contributed by atoms with van der Waals surface area (Å²) in [5.74, 6) is 0. The van der Waals surface area contributed by atoms with Gasteiger partial charge in [0.1, 0.15) is 0 Å². The molecule has 2 aromatic rings.